The molecular weight excluding hydrogens is 655 g/mol. The number of aliphatic hydroxyl groups excluding tert-OH is 2. The number of ether oxygens (including phenoxy) is 2. The number of allylic oxidation sites excluding steroid dienone is 1. The predicted molar refractivity (Wildman–Crippen MR) is 205 cm³/mol. The summed E-state index contributed by atoms with van der Waals surface area (Å²) in [4.78, 5) is 22.4. The zero-order valence-electron chi connectivity index (χ0n) is 32.4. The summed E-state index contributed by atoms with van der Waals surface area (Å²) < 4.78 is 33.0. The maximum Gasteiger partial charge on any atom is 0.472 e. The van der Waals surface area contributed by atoms with Gasteiger partial charge in [0.1, 0.15) is 12.7 Å². The third-order valence-electron chi connectivity index (χ3n) is 9.05. The largest absolute Gasteiger partial charge is 0.498 e. The number of rotatable bonds is 40. The summed E-state index contributed by atoms with van der Waals surface area (Å²) in [6.45, 7) is 2.90. The van der Waals surface area contributed by atoms with Crippen molar-refractivity contribution in [1.29, 1.82) is 0 Å². The van der Waals surface area contributed by atoms with Crippen LogP contribution in [0.4, 0.5) is 0 Å². The van der Waals surface area contributed by atoms with E-state index in [4.69, 9.17) is 23.6 Å². The van der Waals surface area contributed by atoms with Crippen LogP contribution in [-0.2, 0) is 27.9 Å². The van der Waals surface area contributed by atoms with Gasteiger partial charge in [0.05, 0.1) is 26.1 Å². The van der Waals surface area contributed by atoms with E-state index in [1.807, 2.05) is 6.08 Å². The van der Waals surface area contributed by atoms with Crippen LogP contribution in [-0.4, -0.2) is 59.7 Å². The molecule has 50 heavy (non-hydrogen) atoms. The van der Waals surface area contributed by atoms with Crippen LogP contribution in [0.25, 0.3) is 0 Å². The Bertz CT molecular complexity index is 795. The Hall–Kier alpha value is -0.960. The predicted octanol–water partition coefficient (Wildman–Crippen LogP) is 11.3. The van der Waals surface area contributed by atoms with Gasteiger partial charge in [0.15, 0.2) is 6.10 Å². The van der Waals surface area contributed by atoms with Gasteiger partial charge < -0.3 is 24.6 Å². The molecule has 0 radical (unpaired) electrons. The van der Waals surface area contributed by atoms with Crippen LogP contribution in [0, 0.1) is 0 Å². The summed E-state index contributed by atoms with van der Waals surface area (Å²) in [5.74, 6) is -0.403. The summed E-state index contributed by atoms with van der Waals surface area (Å²) >= 11 is 0. The third-order valence-corrected chi connectivity index (χ3v) is 10.00. The molecule has 1 unspecified atom stereocenters. The summed E-state index contributed by atoms with van der Waals surface area (Å²) in [6, 6.07) is 0. The Labute approximate surface area is 307 Å². The minimum atomic E-state index is -4.52. The monoisotopic (exact) mass is 735 g/mol. The first-order valence-corrected chi connectivity index (χ1v) is 22.2. The van der Waals surface area contributed by atoms with Crippen molar-refractivity contribution in [2.75, 3.05) is 26.4 Å². The highest BCUT2D eigenvalue weighted by molar-refractivity contribution is 7.47. The number of phosphoric acid groups is 1. The zero-order chi connectivity index (χ0) is 36.8. The lowest BCUT2D eigenvalue weighted by molar-refractivity contribution is -0.153. The summed E-state index contributed by atoms with van der Waals surface area (Å²) in [7, 11) is -4.52. The molecular formula is C40H79O9P. The van der Waals surface area contributed by atoms with Crippen molar-refractivity contribution in [2.24, 2.45) is 0 Å². The topological polar surface area (TPSA) is 132 Å². The van der Waals surface area contributed by atoms with E-state index in [9.17, 15) is 19.4 Å². The smallest absolute Gasteiger partial charge is 0.472 e. The molecule has 0 aliphatic heterocycles. The fourth-order valence-electron chi connectivity index (χ4n) is 5.85. The molecule has 0 saturated heterocycles. The molecule has 0 aliphatic rings. The van der Waals surface area contributed by atoms with Gasteiger partial charge in [0.2, 0.25) is 0 Å². The van der Waals surface area contributed by atoms with Crippen molar-refractivity contribution < 1.29 is 43.0 Å². The second-order valence-corrected chi connectivity index (χ2v) is 15.5. The molecule has 3 N–H and O–H groups in total. The second-order valence-electron chi connectivity index (χ2n) is 14.1. The molecule has 0 bridgehead atoms. The number of hydrogen-bond donors (Lipinski definition) is 3. The molecule has 298 valence electrons. The van der Waals surface area contributed by atoms with E-state index in [1.54, 1.807) is 6.26 Å². The van der Waals surface area contributed by atoms with Crippen molar-refractivity contribution in [3.63, 3.8) is 0 Å². The molecule has 0 spiro atoms. The van der Waals surface area contributed by atoms with E-state index in [0.29, 0.717) is 0 Å². The van der Waals surface area contributed by atoms with Crippen molar-refractivity contribution in [3.05, 3.63) is 12.3 Å². The van der Waals surface area contributed by atoms with Gasteiger partial charge in [0, 0.05) is 6.42 Å². The van der Waals surface area contributed by atoms with E-state index >= 15 is 0 Å². The summed E-state index contributed by atoms with van der Waals surface area (Å²) in [5.41, 5.74) is 0. The van der Waals surface area contributed by atoms with Crippen LogP contribution in [0.15, 0.2) is 12.3 Å². The SMILES string of the molecule is CCCCCCCCCCCCCCCCCC/C=C\OC[C@H](COP(=O)(O)OC[C@@H](O)CO)OC(=O)CCCCCCCCCCCCC. The minimum Gasteiger partial charge on any atom is -0.498 e. The van der Waals surface area contributed by atoms with Gasteiger partial charge in [0.25, 0.3) is 0 Å². The summed E-state index contributed by atoms with van der Waals surface area (Å²) in [6.07, 6.45) is 36.9. The standard InChI is InChI=1S/C40H79O9P/c1-3-5-7-9-11-13-15-16-17-18-19-20-21-23-25-27-29-31-33-46-36-39(37-48-50(44,45)47-35-38(42)34-41)49-40(43)32-30-28-26-24-22-14-12-10-8-6-4-2/h31,33,38-39,41-42H,3-30,32,34-37H2,1-2H3,(H,44,45)/b33-31-/t38-,39+/m0/s1. The number of unbranched alkanes of at least 4 members (excludes halogenated alkanes) is 26. The fraction of sp³-hybridized carbons (Fsp3) is 0.925. The van der Waals surface area contributed by atoms with Gasteiger partial charge in [-0.25, -0.2) is 4.57 Å². The van der Waals surface area contributed by atoms with Crippen LogP contribution >= 0.6 is 7.82 Å². The van der Waals surface area contributed by atoms with Crippen LogP contribution in [0.5, 0.6) is 0 Å². The second kappa shape index (κ2) is 37.8. The van der Waals surface area contributed by atoms with Gasteiger partial charge >= 0.3 is 13.8 Å². The molecule has 0 rings (SSSR count). The first kappa shape index (κ1) is 49.0. The Morgan fingerprint density at radius 1 is 0.600 bits per heavy atom. The molecule has 0 aromatic heterocycles. The molecule has 0 heterocycles. The molecule has 3 atom stereocenters. The average molecular weight is 735 g/mol. The molecule has 10 heteroatoms. The first-order valence-electron chi connectivity index (χ1n) is 20.7. The van der Waals surface area contributed by atoms with Gasteiger partial charge in [-0.3, -0.25) is 13.8 Å². The quantitative estimate of drug-likeness (QED) is 0.0243. The zero-order valence-corrected chi connectivity index (χ0v) is 33.3. The van der Waals surface area contributed by atoms with E-state index in [0.717, 1.165) is 32.1 Å². The Morgan fingerprint density at radius 2 is 1.00 bits per heavy atom. The van der Waals surface area contributed by atoms with Crippen LogP contribution < -0.4 is 0 Å². The number of phosphoric ester groups is 1. The van der Waals surface area contributed by atoms with Gasteiger partial charge in [-0.2, -0.15) is 0 Å². The number of carbonyl (C=O) groups excluding carboxylic acids is 1. The average Bonchev–Trinajstić information content (AvgIpc) is 3.10. The highest BCUT2D eigenvalue weighted by atomic mass is 31.2. The first-order chi connectivity index (χ1) is 24.3. The van der Waals surface area contributed by atoms with Gasteiger partial charge in [-0.05, 0) is 25.3 Å². The highest BCUT2D eigenvalue weighted by Gasteiger charge is 2.26. The van der Waals surface area contributed by atoms with E-state index in [-0.39, 0.29) is 13.0 Å². The lowest BCUT2D eigenvalue weighted by Crippen LogP contribution is -2.28. The van der Waals surface area contributed by atoms with Gasteiger partial charge in [-0.15, -0.1) is 0 Å². The van der Waals surface area contributed by atoms with Crippen molar-refractivity contribution in [3.8, 4) is 0 Å². The lowest BCUT2D eigenvalue weighted by Gasteiger charge is -2.20. The van der Waals surface area contributed by atoms with Crippen LogP contribution in [0.2, 0.25) is 0 Å². The van der Waals surface area contributed by atoms with Gasteiger partial charge in [-0.1, -0.05) is 174 Å². The normalized spacial score (nSPS) is 14.2. The minimum absolute atomic E-state index is 0.0290. The third kappa shape index (κ3) is 36.8. The van der Waals surface area contributed by atoms with Crippen LogP contribution in [0.3, 0.4) is 0 Å². The van der Waals surface area contributed by atoms with Crippen molar-refractivity contribution in [1.82, 2.24) is 0 Å². The molecule has 0 fully saturated rings. The fourth-order valence-corrected chi connectivity index (χ4v) is 6.64. The molecule has 0 aromatic carbocycles. The molecule has 0 amide bonds. The number of carbonyl (C=O) groups is 1. The van der Waals surface area contributed by atoms with Crippen molar-refractivity contribution >= 4 is 13.8 Å². The molecule has 0 aliphatic carbocycles. The van der Waals surface area contributed by atoms with E-state index < -0.39 is 45.8 Å². The summed E-state index contributed by atoms with van der Waals surface area (Å²) in [5, 5.41) is 18.3. The Morgan fingerprint density at radius 3 is 1.44 bits per heavy atom. The lowest BCUT2D eigenvalue weighted by atomic mass is 10.0. The van der Waals surface area contributed by atoms with Crippen molar-refractivity contribution in [2.45, 2.75) is 212 Å². The maximum absolute atomic E-state index is 12.5. The number of esters is 1. The number of aliphatic hydroxyl groups is 2. The highest BCUT2D eigenvalue weighted by Crippen LogP contribution is 2.43. The Balaban J connectivity index is 4.17. The maximum atomic E-state index is 12.5. The molecule has 0 saturated carbocycles. The van der Waals surface area contributed by atoms with E-state index in [2.05, 4.69) is 13.8 Å². The van der Waals surface area contributed by atoms with E-state index in [1.165, 1.54) is 148 Å². The van der Waals surface area contributed by atoms with Crippen LogP contribution in [0.1, 0.15) is 200 Å². The molecule has 0 aromatic rings. The Kier molecular flexibility index (Phi) is 37.1. The molecule has 9 nitrogen and oxygen atoms in total. The number of hydrogen-bond acceptors (Lipinski definition) is 8.